The Bertz CT molecular complexity index is 815. The third kappa shape index (κ3) is 2.94. The average Bonchev–Trinajstić information content (AvgIpc) is 2.50. The van der Waals surface area contributed by atoms with Crippen molar-refractivity contribution in [2.24, 2.45) is 0 Å². The second kappa shape index (κ2) is 6.00. The normalized spacial score (nSPS) is 15.3. The Morgan fingerprint density at radius 1 is 1.32 bits per heavy atom. The van der Waals surface area contributed by atoms with Gasteiger partial charge < -0.3 is 4.90 Å². The molecule has 1 aliphatic heterocycles. The summed E-state index contributed by atoms with van der Waals surface area (Å²) in [6.07, 6.45) is 2.58. The van der Waals surface area contributed by atoms with Crippen LogP contribution in [0, 0.1) is 0 Å². The van der Waals surface area contributed by atoms with E-state index in [0.717, 1.165) is 4.47 Å². The van der Waals surface area contributed by atoms with Gasteiger partial charge in [-0.15, -0.1) is 0 Å². The SMILES string of the molecule is O=C1CCCN(C(=O)Cn2cnc3ccc(Br)cc3c2=O)C1. The van der Waals surface area contributed by atoms with Crippen LogP contribution in [0.5, 0.6) is 0 Å². The lowest BCUT2D eigenvalue weighted by Gasteiger charge is -2.26. The number of likely N-dealkylation sites (tertiary alicyclic amines) is 1. The Hall–Kier alpha value is -2.02. The van der Waals surface area contributed by atoms with E-state index in [9.17, 15) is 14.4 Å². The number of hydrogen-bond acceptors (Lipinski definition) is 4. The molecule has 7 heteroatoms. The van der Waals surface area contributed by atoms with Gasteiger partial charge in [0, 0.05) is 17.4 Å². The van der Waals surface area contributed by atoms with E-state index in [4.69, 9.17) is 0 Å². The molecule has 2 heterocycles. The largest absolute Gasteiger partial charge is 0.334 e. The molecule has 1 aromatic heterocycles. The lowest BCUT2D eigenvalue weighted by Crippen LogP contribution is -2.43. The van der Waals surface area contributed by atoms with Gasteiger partial charge in [0.05, 0.1) is 23.8 Å². The van der Waals surface area contributed by atoms with Gasteiger partial charge in [-0.3, -0.25) is 19.0 Å². The molecule has 114 valence electrons. The third-order valence-corrected chi connectivity index (χ3v) is 4.19. The predicted molar refractivity (Wildman–Crippen MR) is 84.5 cm³/mol. The maximum absolute atomic E-state index is 12.4. The molecular weight excluding hydrogens is 350 g/mol. The van der Waals surface area contributed by atoms with Crippen molar-refractivity contribution in [2.75, 3.05) is 13.1 Å². The van der Waals surface area contributed by atoms with Crippen LogP contribution in [0.1, 0.15) is 12.8 Å². The number of rotatable bonds is 2. The van der Waals surface area contributed by atoms with Crippen molar-refractivity contribution in [3.63, 3.8) is 0 Å². The van der Waals surface area contributed by atoms with Crippen molar-refractivity contribution in [1.82, 2.24) is 14.5 Å². The molecular formula is C15H14BrN3O3. The topological polar surface area (TPSA) is 72.3 Å². The third-order valence-electron chi connectivity index (χ3n) is 3.70. The van der Waals surface area contributed by atoms with Crippen molar-refractivity contribution in [3.05, 3.63) is 39.4 Å². The van der Waals surface area contributed by atoms with E-state index in [-0.39, 0.29) is 30.3 Å². The van der Waals surface area contributed by atoms with Crippen LogP contribution in [-0.4, -0.2) is 39.2 Å². The van der Waals surface area contributed by atoms with Crippen molar-refractivity contribution in [3.8, 4) is 0 Å². The van der Waals surface area contributed by atoms with E-state index in [1.54, 1.807) is 12.1 Å². The first-order valence-electron chi connectivity index (χ1n) is 6.99. The monoisotopic (exact) mass is 363 g/mol. The predicted octanol–water partition coefficient (Wildman–Crippen LogP) is 1.35. The van der Waals surface area contributed by atoms with Crippen LogP contribution in [0.4, 0.5) is 0 Å². The van der Waals surface area contributed by atoms with Crippen molar-refractivity contribution in [1.29, 1.82) is 0 Å². The second-order valence-corrected chi connectivity index (χ2v) is 6.21. The molecule has 0 saturated carbocycles. The highest BCUT2D eigenvalue weighted by Gasteiger charge is 2.22. The summed E-state index contributed by atoms with van der Waals surface area (Å²) in [5.74, 6) is -0.168. The first kappa shape index (κ1) is 14.9. The summed E-state index contributed by atoms with van der Waals surface area (Å²) in [5, 5.41) is 0.458. The van der Waals surface area contributed by atoms with E-state index >= 15 is 0 Å². The molecule has 0 atom stereocenters. The lowest BCUT2D eigenvalue weighted by atomic mass is 10.1. The smallest absolute Gasteiger partial charge is 0.261 e. The Balaban J connectivity index is 1.87. The molecule has 6 nitrogen and oxygen atoms in total. The number of carbonyl (C=O) groups is 2. The van der Waals surface area contributed by atoms with Gasteiger partial charge in [-0.2, -0.15) is 0 Å². The Kier molecular flexibility index (Phi) is 4.06. The summed E-state index contributed by atoms with van der Waals surface area (Å²) in [6.45, 7) is 0.605. The molecule has 0 spiro atoms. The Morgan fingerprint density at radius 2 is 2.14 bits per heavy atom. The molecule has 0 N–H and O–H groups in total. The summed E-state index contributed by atoms with van der Waals surface area (Å²) < 4.78 is 2.07. The summed E-state index contributed by atoms with van der Waals surface area (Å²) in [6, 6.07) is 5.25. The van der Waals surface area contributed by atoms with Gasteiger partial charge in [-0.1, -0.05) is 15.9 Å². The summed E-state index contributed by atoms with van der Waals surface area (Å²) in [5.41, 5.74) is 0.327. The van der Waals surface area contributed by atoms with Crippen molar-refractivity contribution < 1.29 is 9.59 Å². The minimum Gasteiger partial charge on any atom is -0.334 e. The quantitative estimate of drug-likeness (QED) is 0.807. The number of aromatic nitrogens is 2. The lowest BCUT2D eigenvalue weighted by molar-refractivity contribution is -0.138. The number of halogens is 1. The first-order valence-corrected chi connectivity index (χ1v) is 7.78. The highest BCUT2D eigenvalue weighted by molar-refractivity contribution is 9.10. The van der Waals surface area contributed by atoms with E-state index in [0.29, 0.717) is 30.3 Å². The van der Waals surface area contributed by atoms with Crippen molar-refractivity contribution in [2.45, 2.75) is 19.4 Å². The molecule has 0 aliphatic carbocycles. The van der Waals surface area contributed by atoms with E-state index in [1.165, 1.54) is 15.8 Å². The minimum absolute atomic E-state index is 0.0625. The number of Topliss-reactive ketones (excluding diaryl/α,β-unsaturated/α-hetero) is 1. The van der Waals surface area contributed by atoms with Gasteiger partial charge >= 0.3 is 0 Å². The number of ketones is 1. The van der Waals surface area contributed by atoms with Gasteiger partial charge in [0.25, 0.3) is 5.56 Å². The molecule has 1 fully saturated rings. The zero-order valence-electron chi connectivity index (χ0n) is 11.8. The van der Waals surface area contributed by atoms with Gasteiger partial charge in [-0.25, -0.2) is 4.98 Å². The van der Waals surface area contributed by atoms with Crippen LogP contribution >= 0.6 is 15.9 Å². The van der Waals surface area contributed by atoms with Crippen LogP contribution in [0.25, 0.3) is 10.9 Å². The number of hydrogen-bond donors (Lipinski definition) is 0. The first-order chi connectivity index (χ1) is 10.5. The molecule has 0 bridgehead atoms. The summed E-state index contributed by atoms with van der Waals surface area (Å²) in [7, 11) is 0. The zero-order chi connectivity index (χ0) is 15.7. The highest BCUT2D eigenvalue weighted by Crippen LogP contribution is 2.15. The number of benzene rings is 1. The molecule has 1 amide bonds. The van der Waals surface area contributed by atoms with E-state index < -0.39 is 0 Å². The molecule has 1 aromatic carbocycles. The number of nitrogens with zero attached hydrogens (tertiary/aromatic N) is 3. The van der Waals surface area contributed by atoms with Crippen LogP contribution < -0.4 is 5.56 Å². The van der Waals surface area contributed by atoms with Gasteiger partial charge in [-0.05, 0) is 24.6 Å². The van der Waals surface area contributed by atoms with Crippen LogP contribution in [-0.2, 0) is 16.1 Å². The Labute approximate surface area is 134 Å². The van der Waals surface area contributed by atoms with Crippen LogP contribution in [0.15, 0.2) is 33.8 Å². The number of carbonyl (C=O) groups excluding carboxylic acids is 2. The molecule has 0 unspecified atom stereocenters. The molecule has 0 radical (unpaired) electrons. The minimum atomic E-state index is -0.261. The maximum Gasteiger partial charge on any atom is 0.261 e. The fourth-order valence-electron chi connectivity index (χ4n) is 2.54. The van der Waals surface area contributed by atoms with Crippen LogP contribution in [0.2, 0.25) is 0 Å². The Morgan fingerprint density at radius 3 is 2.91 bits per heavy atom. The number of fused-ring (bicyclic) bond motifs is 1. The second-order valence-electron chi connectivity index (χ2n) is 5.30. The number of piperidine rings is 1. The maximum atomic E-state index is 12.4. The van der Waals surface area contributed by atoms with Crippen LogP contribution in [0.3, 0.4) is 0 Å². The fourth-order valence-corrected chi connectivity index (χ4v) is 2.90. The van der Waals surface area contributed by atoms with E-state index in [2.05, 4.69) is 20.9 Å². The standard InChI is InChI=1S/C15H14BrN3O3/c16-10-3-4-13-12(6-10)15(22)19(9-17-13)8-14(21)18-5-1-2-11(20)7-18/h3-4,6,9H,1-2,5,7-8H2. The fraction of sp³-hybridized carbons (Fsp3) is 0.333. The molecule has 2 aromatic rings. The average molecular weight is 364 g/mol. The molecule has 1 aliphatic rings. The van der Waals surface area contributed by atoms with Gasteiger partial charge in [0.15, 0.2) is 5.78 Å². The molecule has 1 saturated heterocycles. The summed E-state index contributed by atoms with van der Waals surface area (Å²) >= 11 is 3.32. The highest BCUT2D eigenvalue weighted by atomic mass is 79.9. The zero-order valence-corrected chi connectivity index (χ0v) is 13.4. The van der Waals surface area contributed by atoms with Crippen molar-refractivity contribution >= 4 is 38.5 Å². The number of amides is 1. The van der Waals surface area contributed by atoms with Gasteiger partial charge in [0.2, 0.25) is 5.91 Å². The molecule has 22 heavy (non-hydrogen) atoms. The van der Waals surface area contributed by atoms with Gasteiger partial charge in [0.1, 0.15) is 6.54 Å². The summed E-state index contributed by atoms with van der Waals surface area (Å²) in [4.78, 5) is 41.8. The molecule has 3 rings (SSSR count). The van der Waals surface area contributed by atoms with E-state index in [1.807, 2.05) is 6.07 Å².